The zero-order chi connectivity index (χ0) is 20.4. The van der Waals surface area contributed by atoms with Crippen molar-refractivity contribution in [1.82, 2.24) is 0 Å². The van der Waals surface area contributed by atoms with Crippen LogP contribution in [0.2, 0.25) is 0 Å². The first-order valence-electron chi connectivity index (χ1n) is 9.44. The molecule has 3 aromatic rings. The largest absolute Gasteiger partial charge is 0.458 e. The molecule has 1 aromatic heterocycles. The van der Waals surface area contributed by atoms with Crippen LogP contribution in [0.4, 0.5) is 5.69 Å². The monoisotopic (exact) mass is 387 g/mol. The van der Waals surface area contributed by atoms with Crippen molar-refractivity contribution >= 4 is 23.5 Å². The number of amides is 1. The number of carbonyl (C=O) groups is 2. The van der Waals surface area contributed by atoms with Gasteiger partial charge in [0, 0.05) is 12.1 Å². The first-order valence-corrected chi connectivity index (χ1v) is 9.44. The molecule has 0 bridgehead atoms. The third-order valence-corrected chi connectivity index (χ3v) is 5.07. The van der Waals surface area contributed by atoms with Gasteiger partial charge in [0.15, 0.2) is 11.4 Å². The van der Waals surface area contributed by atoms with E-state index in [2.05, 4.69) is 0 Å². The van der Waals surface area contributed by atoms with Crippen LogP contribution in [0.3, 0.4) is 0 Å². The fourth-order valence-corrected chi connectivity index (χ4v) is 3.62. The van der Waals surface area contributed by atoms with Gasteiger partial charge in [0.25, 0.3) is 5.91 Å². The topological polar surface area (TPSA) is 70.8 Å². The molecule has 5 nitrogen and oxygen atoms in total. The predicted octanol–water partition coefficient (Wildman–Crippen LogP) is 4.11. The average Bonchev–Trinajstić information content (AvgIpc) is 3.25. The molecule has 2 heterocycles. The van der Waals surface area contributed by atoms with E-state index in [-0.39, 0.29) is 12.2 Å². The lowest BCUT2D eigenvalue weighted by Gasteiger charge is -2.21. The van der Waals surface area contributed by atoms with Crippen LogP contribution in [0.15, 0.2) is 77.2 Å². The van der Waals surface area contributed by atoms with E-state index in [1.54, 1.807) is 37.3 Å². The quantitative estimate of drug-likeness (QED) is 0.646. The Hall–Kier alpha value is -3.44. The maximum Gasteiger partial charge on any atom is 0.264 e. The summed E-state index contributed by atoms with van der Waals surface area (Å²) in [5.74, 6) is -0.173. The van der Waals surface area contributed by atoms with Gasteiger partial charge in [0.05, 0.1) is 12.1 Å². The van der Waals surface area contributed by atoms with Crippen LogP contribution < -0.4 is 4.90 Å². The second-order valence-electron chi connectivity index (χ2n) is 7.12. The van der Waals surface area contributed by atoms with E-state index in [0.29, 0.717) is 23.6 Å². The highest BCUT2D eigenvalue weighted by atomic mass is 16.3. The lowest BCUT2D eigenvalue weighted by molar-refractivity contribution is -0.135. The Bertz CT molecular complexity index is 1080. The van der Waals surface area contributed by atoms with Crippen LogP contribution in [-0.2, 0) is 10.4 Å². The molecule has 0 saturated heterocycles. The smallest absolute Gasteiger partial charge is 0.264 e. The van der Waals surface area contributed by atoms with E-state index in [1.807, 2.05) is 48.6 Å². The van der Waals surface area contributed by atoms with Crippen LogP contribution in [0.25, 0.3) is 6.08 Å². The molecular weight excluding hydrogens is 366 g/mol. The van der Waals surface area contributed by atoms with Gasteiger partial charge in [-0.1, -0.05) is 60.7 Å². The van der Waals surface area contributed by atoms with Crippen molar-refractivity contribution in [2.24, 2.45) is 0 Å². The number of rotatable bonds is 6. The van der Waals surface area contributed by atoms with Gasteiger partial charge >= 0.3 is 0 Å². The van der Waals surface area contributed by atoms with Gasteiger partial charge in [-0.15, -0.1) is 0 Å². The van der Waals surface area contributed by atoms with Gasteiger partial charge in [0.1, 0.15) is 5.76 Å². The SMILES string of the molecule is Cc1ccc(C(=O)CC2(O)C(=O)N(C/C=C/c3ccccc3)c3ccccc32)o1. The molecule has 1 unspecified atom stereocenters. The van der Waals surface area contributed by atoms with E-state index < -0.39 is 17.3 Å². The van der Waals surface area contributed by atoms with E-state index >= 15 is 0 Å². The highest BCUT2D eigenvalue weighted by molar-refractivity contribution is 6.10. The van der Waals surface area contributed by atoms with E-state index in [4.69, 9.17) is 4.42 Å². The molecule has 29 heavy (non-hydrogen) atoms. The van der Waals surface area contributed by atoms with Gasteiger partial charge < -0.3 is 14.4 Å². The summed E-state index contributed by atoms with van der Waals surface area (Å²) in [6.45, 7) is 2.03. The van der Waals surface area contributed by atoms with Crippen LogP contribution in [-0.4, -0.2) is 23.3 Å². The van der Waals surface area contributed by atoms with Crippen molar-refractivity contribution in [3.8, 4) is 0 Å². The zero-order valence-electron chi connectivity index (χ0n) is 16.0. The van der Waals surface area contributed by atoms with Crippen molar-refractivity contribution < 1.29 is 19.1 Å². The molecule has 146 valence electrons. The molecule has 0 radical (unpaired) electrons. The number of para-hydroxylation sites is 1. The maximum atomic E-state index is 13.2. The lowest BCUT2D eigenvalue weighted by Crippen LogP contribution is -2.41. The molecule has 1 atom stereocenters. The number of nitrogens with zero attached hydrogens (tertiary/aromatic N) is 1. The third kappa shape index (κ3) is 3.52. The molecule has 0 saturated carbocycles. The van der Waals surface area contributed by atoms with Gasteiger partial charge in [-0.3, -0.25) is 9.59 Å². The molecule has 1 N–H and O–H groups in total. The number of benzene rings is 2. The summed E-state index contributed by atoms with van der Waals surface area (Å²) in [7, 11) is 0. The summed E-state index contributed by atoms with van der Waals surface area (Å²) in [5, 5.41) is 11.3. The number of carbonyl (C=O) groups excluding carboxylic acids is 2. The normalized spacial score (nSPS) is 18.4. The molecular formula is C24H21NO4. The Morgan fingerprint density at radius 2 is 1.79 bits per heavy atom. The Kier molecular flexibility index (Phi) is 4.91. The number of anilines is 1. The molecule has 5 heteroatoms. The lowest BCUT2D eigenvalue weighted by atomic mass is 9.89. The van der Waals surface area contributed by atoms with Crippen LogP contribution >= 0.6 is 0 Å². The minimum atomic E-state index is -1.91. The number of furan rings is 1. The number of aryl methyl sites for hydroxylation is 1. The molecule has 0 spiro atoms. The second kappa shape index (κ2) is 7.53. The van der Waals surface area contributed by atoms with Crippen molar-refractivity contribution in [2.75, 3.05) is 11.4 Å². The number of fused-ring (bicyclic) bond motifs is 1. The summed E-state index contributed by atoms with van der Waals surface area (Å²) in [6.07, 6.45) is 3.42. The third-order valence-electron chi connectivity index (χ3n) is 5.07. The van der Waals surface area contributed by atoms with E-state index in [0.717, 1.165) is 5.56 Å². The van der Waals surface area contributed by atoms with Crippen LogP contribution in [0.1, 0.15) is 33.9 Å². The Labute approximate surface area is 168 Å². The predicted molar refractivity (Wildman–Crippen MR) is 111 cm³/mol. The zero-order valence-corrected chi connectivity index (χ0v) is 16.0. The van der Waals surface area contributed by atoms with Crippen molar-refractivity contribution in [1.29, 1.82) is 0 Å². The molecule has 2 aromatic carbocycles. The Morgan fingerprint density at radius 1 is 1.07 bits per heavy atom. The van der Waals surface area contributed by atoms with Gasteiger partial charge in [-0.2, -0.15) is 0 Å². The van der Waals surface area contributed by atoms with Crippen LogP contribution in [0.5, 0.6) is 0 Å². The highest BCUT2D eigenvalue weighted by Gasteiger charge is 2.50. The highest BCUT2D eigenvalue weighted by Crippen LogP contribution is 2.42. The molecule has 4 rings (SSSR count). The molecule has 0 fully saturated rings. The summed E-state index contributed by atoms with van der Waals surface area (Å²) >= 11 is 0. The molecule has 0 aliphatic carbocycles. The summed E-state index contributed by atoms with van der Waals surface area (Å²) < 4.78 is 5.37. The maximum absolute atomic E-state index is 13.2. The summed E-state index contributed by atoms with van der Waals surface area (Å²) in [5.41, 5.74) is 0.163. The molecule has 1 aliphatic rings. The fourth-order valence-electron chi connectivity index (χ4n) is 3.62. The first-order chi connectivity index (χ1) is 14.0. The number of Topliss-reactive ketones (excluding diaryl/α,β-unsaturated/α-hetero) is 1. The standard InChI is InChI=1S/C24H21NO4/c1-17-13-14-22(29-17)21(26)16-24(28)19-11-5-6-12-20(19)25(23(24)27)15-7-10-18-8-3-2-4-9-18/h2-14,28H,15-16H2,1H3/b10-7+. The van der Waals surface area contributed by atoms with Crippen molar-refractivity contribution in [3.05, 3.63) is 95.5 Å². The second-order valence-corrected chi connectivity index (χ2v) is 7.12. The van der Waals surface area contributed by atoms with Gasteiger partial charge in [0.2, 0.25) is 5.78 Å². The minimum absolute atomic E-state index is 0.142. The minimum Gasteiger partial charge on any atom is -0.458 e. The van der Waals surface area contributed by atoms with E-state index in [1.165, 1.54) is 4.90 Å². The first kappa shape index (κ1) is 18.9. The summed E-state index contributed by atoms with van der Waals surface area (Å²) in [4.78, 5) is 27.3. The van der Waals surface area contributed by atoms with Gasteiger partial charge in [-0.25, -0.2) is 0 Å². The summed E-state index contributed by atoms with van der Waals surface area (Å²) in [6, 6.07) is 20.0. The average molecular weight is 387 g/mol. The number of hydrogen-bond donors (Lipinski definition) is 1. The number of ketones is 1. The van der Waals surface area contributed by atoms with Crippen molar-refractivity contribution in [2.45, 2.75) is 18.9 Å². The van der Waals surface area contributed by atoms with Gasteiger partial charge in [-0.05, 0) is 30.7 Å². The van der Waals surface area contributed by atoms with E-state index in [9.17, 15) is 14.7 Å². The van der Waals surface area contributed by atoms with Crippen LogP contribution in [0, 0.1) is 6.92 Å². The number of aliphatic hydroxyl groups is 1. The molecule has 1 aliphatic heterocycles. The molecule has 1 amide bonds. The fraction of sp³-hybridized carbons (Fsp3) is 0.167. The Balaban J connectivity index is 1.60. The Morgan fingerprint density at radius 3 is 2.52 bits per heavy atom. The van der Waals surface area contributed by atoms with Crippen molar-refractivity contribution in [3.63, 3.8) is 0 Å². The number of hydrogen-bond acceptors (Lipinski definition) is 4.